The lowest BCUT2D eigenvalue weighted by Gasteiger charge is -2.44. The number of fused-ring (bicyclic) bond motifs is 3. The maximum atomic E-state index is 13.7. The molecule has 8 rings (SSSR count). The van der Waals surface area contributed by atoms with E-state index in [1.807, 2.05) is 30.3 Å². The van der Waals surface area contributed by atoms with E-state index in [2.05, 4.69) is 14.9 Å². The predicted molar refractivity (Wildman–Crippen MR) is 194 cm³/mol. The maximum absolute atomic E-state index is 13.7. The van der Waals surface area contributed by atoms with Crippen molar-refractivity contribution in [1.82, 2.24) is 14.9 Å². The molecule has 2 atom stereocenters. The molecular weight excluding hydrogens is 691 g/mol. The first kappa shape index (κ1) is 35.0. The van der Waals surface area contributed by atoms with Crippen molar-refractivity contribution in [2.75, 3.05) is 38.3 Å². The molecule has 4 aromatic rings. The molecule has 1 aliphatic carbocycles. The van der Waals surface area contributed by atoms with E-state index in [1.165, 1.54) is 12.4 Å². The van der Waals surface area contributed by atoms with Gasteiger partial charge in [-0.1, -0.05) is 41.4 Å². The number of amides is 1. The van der Waals surface area contributed by atoms with Crippen LogP contribution < -0.4 is 14.4 Å². The summed E-state index contributed by atoms with van der Waals surface area (Å²) in [4.78, 5) is 39.6. The summed E-state index contributed by atoms with van der Waals surface area (Å²) in [7, 11) is 1.59. The molecule has 0 radical (unpaired) electrons. The molecule has 0 N–H and O–H groups in total. The van der Waals surface area contributed by atoms with Gasteiger partial charge in [-0.2, -0.15) is 0 Å². The van der Waals surface area contributed by atoms with Crippen LogP contribution in [0, 0.1) is 11.8 Å². The van der Waals surface area contributed by atoms with Gasteiger partial charge in [0.25, 0.3) is 0 Å². The van der Waals surface area contributed by atoms with Crippen LogP contribution in [0.15, 0.2) is 79.4 Å². The number of carbonyl (C=O) groups is 2. The van der Waals surface area contributed by atoms with Crippen molar-refractivity contribution in [3.05, 3.63) is 112 Å². The van der Waals surface area contributed by atoms with Crippen LogP contribution in [0.1, 0.15) is 58.8 Å². The van der Waals surface area contributed by atoms with E-state index in [4.69, 9.17) is 42.1 Å². The highest BCUT2D eigenvalue weighted by molar-refractivity contribution is 6.35. The number of pyridine rings is 2. The summed E-state index contributed by atoms with van der Waals surface area (Å²) in [5.41, 5.74) is 3.09. The SMILES string of the molecule is COc1ccc(C(Cc2c(Cl)cncc2Cl)OC(=O)c2ccc(CN(C(=O)O[C@H]3CN4CCC3CC4)c3cccnc3)cc2)cc1OCC1CC1. The van der Waals surface area contributed by atoms with Crippen molar-refractivity contribution in [3.8, 4) is 11.5 Å². The summed E-state index contributed by atoms with van der Waals surface area (Å²) in [6.45, 7) is 3.70. The monoisotopic (exact) mass is 730 g/mol. The zero-order valence-corrected chi connectivity index (χ0v) is 29.9. The minimum absolute atomic E-state index is 0.132. The summed E-state index contributed by atoms with van der Waals surface area (Å²) in [6.07, 6.45) is 9.61. The second-order valence-electron chi connectivity index (χ2n) is 13.4. The van der Waals surface area contributed by atoms with E-state index >= 15 is 0 Å². The van der Waals surface area contributed by atoms with E-state index in [0.717, 1.165) is 50.9 Å². The second kappa shape index (κ2) is 15.9. The predicted octanol–water partition coefficient (Wildman–Crippen LogP) is 7.96. The summed E-state index contributed by atoms with van der Waals surface area (Å²) in [5.74, 6) is 1.55. The van der Waals surface area contributed by atoms with Crippen LogP contribution in [0.5, 0.6) is 11.5 Å². The Labute approximate surface area is 307 Å². The Morgan fingerprint density at radius 2 is 1.71 bits per heavy atom. The number of hydrogen-bond acceptors (Lipinski definition) is 9. The zero-order chi connectivity index (χ0) is 35.3. The van der Waals surface area contributed by atoms with Crippen molar-refractivity contribution in [2.24, 2.45) is 11.8 Å². The van der Waals surface area contributed by atoms with Crippen molar-refractivity contribution < 1.29 is 28.5 Å². The van der Waals surface area contributed by atoms with Gasteiger partial charge in [-0.3, -0.25) is 19.8 Å². The molecule has 2 aromatic carbocycles. The van der Waals surface area contributed by atoms with Gasteiger partial charge < -0.3 is 18.9 Å². The number of hydrogen-bond donors (Lipinski definition) is 0. The molecule has 0 spiro atoms. The lowest BCUT2D eigenvalue weighted by molar-refractivity contribution is -0.0311. The first-order chi connectivity index (χ1) is 24.8. The molecule has 3 aliphatic heterocycles. The number of ether oxygens (including phenoxy) is 4. The molecule has 1 saturated carbocycles. The lowest BCUT2D eigenvalue weighted by Crippen LogP contribution is -2.53. The Morgan fingerprint density at radius 1 is 0.941 bits per heavy atom. The zero-order valence-electron chi connectivity index (χ0n) is 28.4. The first-order valence-electron chi connectivity index (χ1n) is 17.3. The second-order valence-corrected chi connectivity index (χ2v) is 14.2. The van der Waals surface area contributed by atoms with E-state index in [9.17, 15) is 9.59 Å². The highest BCUT2D eigenvalue weighted by atomic mass is 35.5. The number of nitrogens with zero attached hydrogens (tertiary/aromatic N) is 4. The minimum Gasteiger partial charge on any atom is -0.493 e. The third-order valence-corrected chi connectivity index (χ3v) is 10.5. The Kier molecular flexibility index (Phi) is 10.9. The smallest absolute Gasteiger partial charge is 0.414 e. The Balaban J connectivity index is 1.09. The van der Waals surface area contributed by atoms with Crippen LogP contribution in [0.2, 0.25) is 10.0 Å². The molecule has 5 heterocycles. The van der Waals surface area contributed by atoms with Crippen LogP contribution in [0.4, 0.5) is 10.5 Å². The van der Waals surface area contributed by atoms with E-state index in [1.54, 1.807) is 48.7 Å². The fourth-order valence-corrected chi connectivity index (χ4v) is 7.20. The van der Waals surface area contributed by atoms with Gasteiger partial charge in [0.1, 0.15) is 12.2 Å². The van der Waals surface area contributed by atoms with E-state index in [-0.39, 0.29) is 19.1 Å². The van der Waals surface area contributed by atoms with Gasteiger partial charge in [-0.05, 0) is 104 Å². The Bertz CT molecular complexity index is 1810. The molecule has 12 heteroatoms. The van der Waals surface area contributed by atoms with Gasteiger partial charge in [0.05, 0.1) is 47.8 Å². The number of carbonyl (C=O) groups excluding carboxylic acids is 2. The van der Waals surface area contributed by atoms with Crippen molar-refractivity contribution in [2.45, 2.75) is 50.9 Å². The van der Waals surface area contributed by atoms with Gasteiger partial charge in [-0.25, -0.2) is 9.59 Å². The maximum Gasteiger partial charge on any atom is 0.414 e. The average molecular weight is 732 g/mol. The van der Waals surface area contributed by atoms with Crippen molar-refractivity contribution in [1.29, 1.82) is 0 Å². The summed E-state index contributed by atoms with van der Waals surface area (Å²) in [6, 6.07) is 16.1. The molecule has 2 aromatic heterocycles. The quantitative estimate of drug-likeness (QED) is 0.127. The van der Waals surface area contributed by atoms with E-state index < -0.39 is 18.2 Å². The number of halogens is 2. The molecule has 4 aliphatic rings. The lowest BCUT2D eigenvalue weighted by atomic mass is 9.86. The highest BCUT2D eigenvalue weighted by Gasteiger charge is 2.37. The van der Waals surface area contributed by atoms with Gasteiger partial charge in [0.15, 0.2) is 11.5 Å². The summed E-state index contributed by atoms with van der Waals surface area (Å²) >= 11 is 13.0. The van der Waals surface area contributed by atoms with Crippen LogP contribution in [0.25, 0.3) is 0 Å². The number of anilines is 1. The molecule has 266 valence electrons. The fourth-order valence-electron chi connectivity index (χ4n) is 6.68. The van der Waals surface area contributed by atoms with Crippen LogP contribution in [-0.4, -0.2) is 66.4 Å². The Morgan fingerprint density at radius 3 is 2.35 bits per heavy atom. The van der Waals surface area contributed by atoms with Crippen molar-refractivity contribution in [3.63, 3.8) is 0 Å². The van der Waals surface area contributed by atoms with Crippen molar-refractivity contribution >= 4 is 41.0 Å². The van der Waals surface area contributed by atoms with Gasteiger partial charge in [-0.15, -0.1) is 0 Å². The topological polar surface area (TPSA) is 103 Å². The number of piperidine rings is 3. The number of methoxy groups -OCH3 is 1. The largest absolute Gasteiger partial charge is 0.493 e. The number of esters is 1. The number of benzene rings is 2. The molecule has 10 nitrogen and oxygen atoms in total. The molecule has 4 fully saturated rings. The highest BCUT2D eigenvalue weighted by Crippen LogP contribution is 2.38. The Hall–Kier alpha value is -4.38. The normalized spacial score (nSPS) is 19.9. The molecular formula is C39H40Cl2N4O6. The van der Waals surface area contributed by atoms with E-state index in [0.29, 0.717) is 62.4 Å². The van der Waals surface area contributed by atoms with Crippen LogP contribution in [-0.2, 0) is 22.4 Å². The third kappa shape index (κ3) is 8.57. The van der Waals surface area contributed by atoms with Gasteiger partial charge >= 0.3 is 12.1 Å². The van der Waals surface area contributed by atoms with Gasteiger partial charge in [0, 0.05) is 31.6 Å². The molecule has 2 bridgehead atoms. The fraction of sp³-hybridized carbons (Fsp3) is 0.385. The summed E-state index contributed by atoms with van der Waals surface area (Å²) in [5, 5.41) is 0.744. The number of rotatable bonds is 13. The minimum atomic E-state index is -0.758. The standard InChI is InChI=1S/C39H40Cl2N4O6/c1-48-34-11-10-29(17-36(34)49-24-26-4-5-26)35(18-31-32(40)20-43-21-33(31)41)50-38(46)28-8-6-25(7-9-28)22-45(30-3-2-14-42-19-30)39(47)51-37-23-44-15-12-27(37)13-16-44/h2-3,6-11,14,17,19-21,26-27,35,37H,4-5,12-13,15-16,18,22-24H2,1H3/t35?,37-/m0/s1. The molecule has 3 saturated heterocycles. The molecule has 1 unspecified atom stereocenters. The first-order valence-corrected chi connectivity index (χ1v) is 18.1. The van der Waals surface area contributed by atoms with Crippen LogP contribution >= 0.6 is 23.2 Å². The summed E-state index contributed by atoms with van der Waals surface area (Å²) < 4.78 is 23.9. The average Bonchev–Trinajstić information content (AvgIpc) is 4.00. The number of aromatic nitrogens is 2. The molecule has 1 amide bonds. The molecule has 51 heavy (non-hydrogen) atoms. The van der Waals surface area contributed by atoms with Gasteiger partial charge in [0.2, 0.25) is 0 Å². The third-order valence-electron chi connectivity index (χ3n) is 9.88. The van der Waals surface area contributed by atoms with Crippen LogP contribution in [0.3, 0.4) is 0 Å².